The van der Waals surface area contributed by atoms with Crippen molar-refractivity contribution in [3.63, 3.8) is 0 Å². The molecule has 1 aromatic carbocycles. The summed E-state index contributed by atoms with van der Waals surface area (Å²) < 4.78 is 4.97. The second-order valence-electron chi connectivity index (χ2n) is 2.43. The molecule has 0 unspecified atom stereocenters. The number of rotatable bonds is 2. The molecule has 3 nitrogen and oxygen atoms in total. The fourth-order valence-corrected chi connectivity index (χ4v) is 1.17. The average molecular weight is 236 g/mol. The molecule has 0 aliphatic heterocycles. The third-order valence-corrected chi connectivity index (χ3v) is 1.80. The highest BCUT2D eigenvalue weighted by Gasteiger charge is 2.07. The van der Waals surface area contributed by atoms with Gasteiger partial charge in [-0.25, -0.2) is 0 Å². The lowest BCUT2D eigenvalue weighted by Gasteiger charge is -2.06. The predicted octanol–water partition coefficient (Wildman–Crippen LogP) is 2.83. The van der Waals surface area contributed by atoms with Crippen molar-refractivity contribution < 1.29 is 9.84 Å². The molecular weight excluding hydrogens is 225 g/mol. The first-order valence-electron chi connectivity index (χ1n) is 3.85. The van der Waals surface area contributed by atoms with Gasteiger partial charge in [0.25, 0.3) is 0 Å². The van der Waals surface area contributed by atoms with Crippen LogP contribution in [0.5, 0.6) is 5.75 Å². The van der Waals surface area contributed by atoms with Crippen LogP contribution < -0.4 is 0 Å². The lowest BCUT2D eigenvalue weighted by molar-refractivity contribution is 0.325. The number of phenolic OH excluding ortho intramolecular Hbond substituents is 1. The van der Waals surface area contributed by atoms with Gasteiger partial charge >= 0.3 is 0 Å². The van der Waals surface area contributed by atoms with Gasteiger partial charge in [0.2, 0.25) is 5.90 Å². The fraction of sp³-hybridized carbons (Fsp3) is 0.222. The van der Waals surface area contributed by atoms with E-state index in [4.69, 9.17) is 26.9 Å². The van der Waals surface area contributed by atoms with E-state index in [-0.39, 0.29) is 24.1 Å². The van der Waals surface area contributed by atoms with Gasteiger partial charge in [0.1, 0.15) is 5.75 Å². The maximum Gasteiger partial charge on any atom is 0.214 e. The molecule has 0 aliphatic rings. The molecule has 0 heterocycles. The summed E-state index contributed by atoms with van der Waals surface area (Å²) in [5.41, 5.74) is 0.487. The van der Waals surface area contributed by atoms with Crippen molar-refractivity contribution in [1.29, 1.82) is 5.41 Å². The first-order valence-corrected chi connectivity index (χ1v) is 4.23. The Balaban J connectivity index is 0.00000169. The minimum atomic E-state index is 0. The lowest BCUT2D eigenvalue weighted by atomic mass is 10.2. The Morgan fingerprint density at radius 2 is 2.21 bits per heavy atom. The Labute approximate surface area is 93.6 Å². The van der Waals surface area contributed by atoms with Crippen molar-refractivity contribution in [2.24, 2.45) is 0 Å². The third-order valence-electron chi connectivity index (χ3n) is 1.49. The van der Waals surface area contributed by atoms with Gasteiger partial charge in [-0.2, -0.15) is 0 Å². The van der Waals surface area contributed by atoms with E-state index >= 15 is 0 Å². The maximum absolute atomic E-state index is 9.05. The van der Waals surface area contributed by atoms with E-state index in [1.54, 1.807) is 13.0 Å². The Morgan fingerprint density at radius 3 is 2.71 bits per heavy atom. The first-order chi connectivity index (χ1) is 6.15. The Kier molecular flexibility index (Phi) is 5.35. The monoisotopic (exact) mass is 235 g/mol. The highest BCUT2D eigenvalue weighted by molar-refractivity contribution is 6.33. The third kappa shape index (κ3) is 3.09. The summed E-state index contributed by atoms with van der Waals surface area (Å²) in [5.74, 6) is 0.102. The number of halogens is 2. The van der Waals surface area contributed by atoms with Gasteiger partial charge in [0.05, 0.1) is 17.2 Å². The van der Waals surface area contributed by atoms with Crippen molar-refractivity contribution in [3.05, 3.63) is 28.8 Å². The molecule has 0 saturated heterocycles. The second kappa shape index (κ2) is 5.73. The molecule has 0 fully saturated rings. The topological polar surface area (TPSA) is 53.3 Å². The van der Waals surface area contributed by atoms with Crippen LogP contribution in [0.1, 0.15) is 12.5 Å². The molecule has 0 aliphatic carbocycles. The number of nitrogens with one attached hydrogen (secondary N) is 1. The fourth-order valence-electron chi connectivity index (χ4n) is 0.910. The van der Waals surface area contributed by atoms with E-state index in [9.17, 15) is 0 Å². The van der Waals surface area contributed by atoms with Gasteiger partial charge in [0, 0.05) is 0 Å². The molecule has 78 valence electrons. The van der Waals surface area contributed by atoms with Gasteiger partial charge in [-0.15, -0.1) is 12.4 Å². The van der Waals surface area contributed by atoms with Crippen LogP contribution in [-0.2, 0) is 4.74 Å². The summed E-state index contributed by atoms with van der Waals surface area (Å²) in [6.45, 7) is 2.22. The largest absolute Gasteiger partial charge is 0.508 e. The van der Waals surface area contributed by atoms with Crippen LogP contribution in [0.3, 0.4) is 0 Å². The van der Waals surface area contributed by atoms with Crippen molar-refractivity contribution in [1.82, 2.24) is 0 Å². The van der Waals surface area contributed by atoms with E-state index in [0.717, 1.165) is 0 Å². The normalized spacial score (nSPS) is 9.00. The summed E-state index contributed by atoms with van der Waals surface area (Å²) in [5, 5.41) is 16.8. The van der Waals surface area contributed by atoms with Crippen LogP contribution in [0.15, 0.2) is 18.2 Å². The Morgan fingerprint density at radius 1 is 1.57 bits per heavy atom. The number of benzene rings is 1. The van der Waals surface area contributed by atoms with E-state index in [1.807, 2.05) is 0 Å². The van der Waals surface area contributed by atoms with Gasteiger partial charge in [0.15, 0.2) is 0 Å². The van der Waals surface area contributed by atoms with E-state index < -0.39 is 0 Å². The van der Waals surface area contributed by atoms with Gasteiger partial charge in [-0.3, -0.25) is 5.41 Å². The second-order valence-corrected chi connectivity index (χ2v) is 2.83. The Bertz CT molecular complexity index is 329. The minimum Gasteiger partial charge on any atom is -0.508 e. The van der Waals surface area contributed by atoms with Crippen LogP contribution in [0.2, 0.25) is 5.02 Å². The van der Waals surface area contributed by atoms with Crippen molar-refractivity contribution in [2.45, 2.75) is 6.92 Å². The molecule has 1 aromatic rings. The van der Waals surface area contributed by atoms with Crippen LogP contribution in [0.4, 0.5) is 0 Å². The summed E-state index contributed by atoms with van der Waals surface area (Å²) in [7, 11) is 0. The molecule has 0 amide bonds. The van der Waals surface area contributed by atoms with Crippen molar-refractivity contribution in [2.75, 3.05) is 6.61 Å². The molecule has 14 heavy (non-hydrogen) atoms. The number of hydrogen-bond donors (Lipinski definition) is 2. The summed E-state index contributed by atoms with van der Waals surface area (Å²) in [6.07, 6.45) is 0. The molecule has 0 bridgehead atoms. The summed E-state index contributed by atoms with van der Waals surface area (Å²) in [4.78, 5) is 0. The van der Waals surface area contributed by atoms with Crippen LogP contribution in [0.25, 0.3) is 0 Å². The van der Waals surface area contributed by atoms with E-state index in [1.165, 1.54) is 12.1 Å². The quantitative estimate of drug-likeness (QED) is 0.612. The van der Waals surface area contributed by atoms with Gasteiger partial charge in [-0.1, -0.05) is 11.6 Å². The van der Waals surface area contributed by atoms with Crippen LogP contribution in [0, 0.1) is 5.41 Å². The predicted molar refractivity (Wildman–Crippen MR) is 58.8 cm³/mol. The van der Waals surface area contributed by atoms with E-state index in [2.05, 4.69) is 0 Å². The Hall–Kier alpha value is -0.930. The van der Waals surface area contributed by atoms with Crippen molar-refractivity contribution >= 4 is 29.9 Å². The van der Waals surface area contributed by atoms with Gasteiger partial charge < -0.3 is 9.84 Å². The number of hydrogen-bond acceptors (Lipinski definition) is 3. The van der Waals surface area contributed by atoms with E-state index in [0.29, 0.717) is 17.2 Å². The molecule has 0 aromatic heterocycles. The molecule has 1 rings (SSSR count). The zero-order valence-electron chi connectivity index (χ0n) is 7.58. The maximum atomic E-state index is 9.05. The number of ether oxygens (including phenoxy) is 1. The number of phenols is 1. The standard InChI is InChI=1S/C9H10ClNO2.ClH/c1-2-13-9(11)7-4-3-6(12)5-8(7)10;/h3-5,11-12H,2H2,1H3;1H. The van der Waals surface area contributed by atoms with Crippen LogP contribution in [-0.4, -0.2) is 17.6 Å². The average Bonchev–Trinajstić information content (AvgIpc) is 2.04. The first kappa shape index (κ1) is 13.1. The highest BCUT2D eigenvalue weighted by Crippen LogP contribution is 2.21. The summed E-state index contributed by atoms with van der Waals surface area (Å²) >= 11 is 5.78. The molecule has 5 heteroatoms. The minimum absolute atomic E-state index is 0. The van der Waals surface area contributed by atoms with Crippen molar-refractivity contribution in [3.8, 4) is 5.75 Å². The summed E-state index contributed by atoms with van der Waals surface area (Å²) in [6, 6.07) is 4.40. The molecular formula is C9H11Cl2NO2. The molecule has 0 atom stereocenters. The van der Waals surface area contributed by atoms with Crippen LogP contribution >= 0.6 is 24.0 Å². The lowest BCUT2D eigenvalue weighted by Crippen LogP contribution is -2.04. The SMILES string of the molecule is CCOC(=N)c1ccc(O)cc1Cl.Cl. The number of aromatic hydroxyl groups is 1. The zero-order chi connectivity index (χ0) is 9.84. The molecule has 0 saturated carbocycles. The molecule has 0 spiro atoms. The zero-order valence-corrected chi connectivity index (χ0v) is 9.15. The highest BCUT2D eigenvalue weighted by atomic mass is 35.5. The molecule has 2 N–H and O–H groups in total. The van der Waals surface area contributed by atoms with Gasteiger partial charge in [-0.05, 0) is 25.1 Å². The smallest absolute Gasteiger partial charge is 0.214 e. The molecule has 0 radical (unpaired) electrons.